The Bertz CT molecular complexity index is 351. The summed E-state index contributed by atoms with van der Waals surface area (Å²) in [6.45, 7) is 12.5. The smallest absolute Gasteiger partial charge is 0.189 e. The number of allylic oxidation sites excluding steroid dienone is 3. The van der Waals surface area contributed by atoms with E-state index in [4.69, 9.17) is 9.47 Å². The number of ether oxygens (including phenoxy) is 2. The molecule has 1 fully saturated rings. The van der Waals surface area contributed by atoms with Crippen molar-refractivity contribution in [2.24, 2.45) is 5.41 Å². The molecule has 0 amide bonds. The molecule has 0 radical (unpaired) electrons. The summed E-state index contributed by atoms with van der Waals surface area (Å²) >= 11 is 0. The third-order valence-electron chi connectivity index (χ3n) is 3.47. The summed E-state index contributed by atoms with van der Waals surface area (Å²) in [6.07, 6.45) is 3.07. The molecular weight excluding hydrogens is 200 g/mol. The van der Waals surface area contributed by atoms with Crippen molar-refractivity contribution >= 4 is 0 Å². The molecule has 2 aliphatic rings. The van der Waals surface area contributed by atoms with Crippen molar-refractivity contribution in [2.45, 2.75) is 46.8 Å². The van der Waals surface area contributed by atoms with Crippen molar-refractivity contribution in [3.8, 4) is 0 Å². The molecule has 90 valence electrons. The van der Waals surface area contributed by atoms with E-state index in [1.165, 1.54) is 16.7 Å². The largest absolute Gasteiger partial charge is 0.344 e. The molecule has 0 unspecified atom stereocenters. The van der Waals surface area contributed by atoms with Crippen LogP contribution in [0.1, 0.15) is 41.0 Å². The van der Waals surface area contributed by atoms with Crippen LogP contribution in [0.4, 0.5) is 0 Å². The third-order valence-corrected chi connectivity index (χ3v) is 3.47. The molecule has 0 aromatic carbocycles. The van der Waals surface area contributed by atoms with Gasteiger partial charge in [0.1, 0.15) is 0 Å². The summed E-state index contributed by atoms with van der Waals surface area (Å²) in [4.78, 5) is 0. The molecule has 1 saturated heterocycles. The highest BCUT2D eigenvalue weighted by Crippen LogP contribution is 2.48. The first-order valence-electron chi connectivity index (χ1n) is 6.02. The van der Waals surface area contributed by atoms with Crippen LogP contribution < -0.4 is 0 Å². The fourth-order valence-electron chi connectivity index (χ4n) is 3.42. The highest BCUT2D eigenvalue weighted by Gasteiger charge is 2.45. The molecule has 16 heavy (non-hydrogen) atoms. The van der Waals surface area contributed by atoms with Gasteiger partial charge in [-0.15, -0.1) is 0 Å². The topological polar surface area (TPSA) is 18.5 Å². The van der Waals surface area contributed by atoms with Gasteiger partial charge >= 0.3 is 0 Å². The monoisotopic (exact) mass is 222 g/mol. The molecule has 1 heterocycles. The van der Waals surface area contributed by atoms with Crippen molar-refractivity contribution in [1.29, 1.82) is 0 Å². The maximum absolute atomic E-state index is 5.79. The minimum absolute atomic E-state index is 0.127. The van der Waals surface area contributed by atoms with E-state index in [2.05, 4.69) is 40.7 Å². The minimum Gasteiger partial charge on any atom is -0.344 e. The lowest BCUT2D eigenvalue weighted by Gasteiger charge is -2.41. The van der Waals surface area contributed by atoms with Crippen LogP contribution >= 0.6 is 0 Å². The second kappa shape index (κ2) is 3.71. The van der Waals surface area contributed by atoms with Crippen LogP contribution in [0.25, 0.3) is 0 Å². The van der Waals surface area contributed by atoms with E-state index in [1.807, 2.05) is 0 Å². The van der Waals surface area contributed by atoms with Gasteiger partial charge < -0.3 is 9.47 Å². The molecular formula is C14H22O2. The van der Waals surface area contributed by atoms with Crippen molar-refractivity contribution in [3.63, 3.8) is 0 Å². The van der Waals surface area contributed by atoms with Crippen LogP contribution in [0.3, 0.4) is 0 Å². The van der Waals surface area contributed by atoms with Crippen LogP contribution in [-0.4, -0.2) is 19.0 Å². The van der Waals surface area contributed by atoms with Gasteiger partial charge in [-0.3, -0.25) is 0 Å². The first kappa shape index (κ1) is 11.9. The van der Waals surface area contributed by atoms with E-state index in [0.717, 1.165) is 6.42 Å². The van der Waals surface area contributed by atoms with E-state index in [-0.39, 0.29) is 5.41 Å². The Labute approximate surface area is 98.3 Å². The predicted molar refractivity (Wildman–Crippen MR) is 65.2 cm³/mol. The maximum atomic E-state index is 5.79. The van der Waals surface area contributed by atoms with Gasteiger partial charge in [0.15, 0.2) is 5.79 Å². The van der Waals surface area contributed by atoms with Gasteiger partial charge in [0.2, 0.25) is 0 Å². The van der Waals surface area contributed by atoms with Gasteiger partial charge in [-0.2, -0.15) is 0 Å². The van der Waals surface area contributed by atoms with E-state index in [0.29, 0.717) is 13.2 Å². The van der Waals surface area contributed by atoms with Gasteiger partial charge in [-0.1, -0.05) is 19.4 Å². The van der Waals surface area contributed by atoms with Gasteiger partial charge in [-0.25, -0.2) is 0 Å². The van der Waals surface area contributed by atoms with Crippen LogP contribution in [0, 0.1) is 5.41 Å². The lowest BCUT2D eigenvalue weighted by atomic mass is 9.69. The van der Waals surface area contributed by atoms with Gasteiger partial charge in [0, 0.05) is 6.42 Å². The number of rotatable bonds is 0. The molecule has 0 saturated carbocycles. The molecule has 0 N–H and O–H groups in total. The van der Waals surface area contributed by atoms with Gasteiger partial charge in [-0.05, 0) is 43.4 Å². The summed E-state index contributed by atoms with van der Waals surface area (Å²) in [6, 6.07) is 0. The SMILES string of the molecule is CC1=CC2(CC(C)(C)C1=C(C)C)OCCO2. The Balaban J connectivity index is 2.46. The highest BCUT2D eigenvalue weighted by atomic mass is 16.7. The molecule has 1 aliphatic heterocycles. The molecule has 0 aromatic heterocycles. The van der Waals surface area contributed by atoms with Gasteiger partial charge in [0.25, 0.3) is 0 Å². The Hall–Kier alpha value is -0.600. The average Bonchev–Trinajstić information content (AvgIpc) is 2.47. The molecule has 1 spiro atoms. The lowest BCUT2D eigenvalue weighted by Crippen LogP contribution is -2.39. The molecule has 1 aliphatic carbocycles. The van der Waals surface area contributed by atoms with E-state index in [9.17, 15) is 0 Å². The summed E-state index contributed by atoms with van der Waals surface area (Å²) in [5.74, 6) is -0.452. The summed E-state index contributed by atoms with van der Waals surface area (Å²) in [5, 5.41) is 0. The van der Waals surface area contributed by atoms with Crippen molar-refractivity contribution in [3.05, 3.63) is 22.8 Å². The predicted octanol–water partition coefficient (Wildman–Crippen LogP) is 3.44. The molecule has 2 heteroatoms. The normalized spacial score (nSPS) is 27.1. The summed E-state index contributed by atoms with van der Waals surface area (Å²) < 4.78 is 11.6. The van der Waals surface area contributed by atoms with E-state index in [1.54, 1.807) is 0 Å². The molecule has 2 nitrogen and oxygen atoms in total. The second-order valence-corrected chi connectivity index (χ2v) is 5.77. The summed E-state index contributed by atoms with van der Waals surface area (Å²) in [5.41, 5.74) is 4.28. The van der Waals surface area contributed by atoms with E-state index >= 15 is 0 Å². The number of hydrogen-bond donors (Lipinski definition) is 0. The Morgan fingerprint density at radius 3 is 2.19 bits per heavy atom. The van der Waals surface area contributed by atoms with Crippen molar-refractivity contribution in [1.82, 2.24) is 0 Å². The van der Waals surface area contributed by atoms with Crippen LogP contribution in [0.5, 0.6) is 0 Å². The molecule has 0 aromatic rings. The first-order chi connectivity index (χ1) is 7.36. The zero-order valence-electron chi connectivity index (χ0n) is 11.0. The quantitative estimate of drug-likeness (QED) is 0.625. The molecule has 2 rings (SSSR count). The van der Waals surface area contributed by atoms with Crippen LogP contribution in [0.2, 0.25) is 0 Å². The van der Waals surface area contributed by atoms with Crippen LogP contribution in [0.15, 0.2) is 22.8 Å². The Kier molecular flexibility index (Phi) is 2.75. The van der Waals surface area contributed by atoms with Gasteiger partial charge in [0.05, 0.1) is 13.2 Å². The van der Waals surface area contributed by atoms with Crippen molar-refractivity contribution in [2.75, 3.05) is 13.2 Å². The fraction of sp³-hybridized carbons (Fsp3) is 0.714. The maximum Gasteiger partial charge on any atom is 0.189 e. The van der Waals surface area contributed by atoms with E-state index < -0.39 is 5.79 Å². The Morgan fingerprint density at radius 1 is 1.19 bits per heavy atom. The average molecular weight is 222 g/mol. The highest BCUT2D eigenvalue weighted by molar-refractivity contribution is 5.42. The van der Waals surface area contributed by atoms with Crippen molar-refractivity contribution < 1.29 is 9.47 Å². The lowest BCUT2D eigenvalue weighted by molar-refractivity contribution is -0.139. The van der Waals surface area contributed by atoms with Crippen LogP contribution in [-0.2, 0) is 9.47 Å². The molecule has 0 bridgehead atoms. The standard InChI is InChI=1S/C14H22O2/c1-10(2)12-11(3)8-14(9-13(12,4)5)15-6-7-16-14/h8H,6-7,9H2,1-5H3. The summed E-state index contributed by atoms with van der Waals surface area (Å²) in [7, 11) is 0. The minimum atomic E-state index is -0.452. The Morgan fingerprint density at radius 2 is 1.75 bits per heavy atom. The second-order valence-electron chi connectivity index (χ2n) is 5.77. The zero-order valence-corrected chi connectivity index (χ0v) is 11.0. The fourth-order valence-corrected chi connectivity index (χ4v) is 3.42. The third kappa shape index (κ3) is 1.85. The first-order valence-corrected chi connectivity index (χ1v) is 6.02. The molecule has 0 atom stereocenters. The zero-order chi connectivity index (χ0) is 12.0. The number of hydrogen-bond acceptors (Lipinski definition) is 2.